The van der Waals surface area contributed by atoms with Gasteiger partial charge in [0.25, 0.3) is 0 Å². The predicted octanol–water partition coefficient (Wildman–Crippen LogP) is 3.79. The van der Waals surface area contributed by atoms with Gasteiger partial charge in [0.1, 0.15) is 0 Å². The summed E-state index contributed by atoms with van der Waals surface area (Å²) in [6.07, 6.45) is 10.7. The van der Waals surface area contributed by atoms with Gasteiger partial charge in [-0.2, -0.15) is 0 Å². The number of esters is 1. The van der Waals surface area contributed by atoms with Crippen LogP contribution in [0.5, 0.6) is 0 Å². The first-order valence-electron chi connectivity index (χ1n) is 9.21. The molecule has 128 valence electrons. The van der Waals surface area contributed by atoms with E-state index in [0.29, 0.717) is 5.41 Å². The molecule has 4 aliphatic rings. The number of hydrogen-bond donors (Lipinski definition) is 1. The number of benzene rings is 1. The normalized spacial score (nSPS) is 33.5. The minimum absolute atomic E-state index is 0.319. The summed E-state index contributed by atoms with van der Waals surface area (Å²) in [6.45, 7) is 2.11. The van der Waals surface area contributed by atoms with E-state index >= 15 is 0 Å². The van der Waals surface area contributed by atoms with E-state index in [1.165, 1.54) is 57.4 Å². The van der Waals surface area contributed by atoms with Crippen LogP contribution in [-0.4, -0.2) is 19.6 Å². The Morgan fingerprint density at radius 1 is 1.21 bits per heavy atom. The van der Waals surface area contributed by atoms with Crippen LogP contribution in [0.2, 0.25) is 0 Å². The van der Waals surface area contributed by atoms with E-state index in [4.69, 9.17) is 0 Å². The van der Waals surface area contributed by atoms with Crippen molar-refractivity contribution < 1.29 is 9.53 Å². The number of carbonyl (C=O) groups excluding carboxylic acids is 1. The highest BCUT2D eigenvalue weighted by Crippen LogP contribution is 2.63. The fourth-order valence-corrected chi connectivity index (χ4v) is 5.65. The molecule has 24 heavy (non-hydrogen) atoms. The Kier molecular flexibility index (Phi) is 4.21. The van der Waals surface area contributed by atoms with Crippen molar-refractivity contribution in [3.05, 3.63) is 41.5 Å². The molecule has 1 aromatic rings. The molecule has 0 spiro atoms. The minimum Gasteiger partial charge on any atom is -0.466 e. The molecule has 2 unspecified atom stereocenters. The van der Waals surface area contributed by atoms with Gasteiger partial charge in [0.15, 0.2) is 0 Å². The second-order valence-corrected chi connectivity index (χ2v) is 8.17. The second-order valence-electron chi connectivity index (χ2n) is 8.17. The lowest BCUT2D eigenvalue weighted by molar-refractivity contribution is -0.134. The van der Waals surface area contributed by atoms with E-state index in [1.54, 1.807) is 6.08 Å². The second kappa shape index (κ2) is 6.36. The summed E-state index contributed by atoms with van der Waals surface area (Å²) in [5.41, 5.74) is 2.94. The van der Waals surface area contributed by atoms with Crippen molar-refractivity contribution in [3.63, 3.8) is 0 Å². The topological polar surface area (TPSA) is 38.3 Å². The summed E-state index contributed by atoms with van der Waals surface area (Å²) in [7, 11) is 1.39. The summed E-state index contributed by atoms with van der Waals surface area (Å²) >= 11 is 0. The summed E-state index contributed by atoms with van der Waals surface area (Å²) in [4.78, 5) is 11.1. The van der Waals surface area contributed by atoms with Crippen LogP contribution < -0.4 is 5.32 Å². The fraction of sp³-hybridized carbons (Fsp3) is 0.571. The molecule has 4 aliphatic carbocycles. The van der Waals surface area contributed by atoms with E-state index in [2.05, 4.69) is 34.3 Å². The van der Waals surface area contributed by atoms with Crippen LogP contribution in [0.4, 0.5) is 0 Å². The number of methoxy groups -OCH3 is 1. The van der Waals surface area contributed by atoms with Crippen LogP contribution in [0.3, 0.4) is 0 Å². The third-order valence-corrected chi connectivity index (χ3v) is 6.47. The monoisotopic (exact) mass is 325 g/mol. The van der Waals surface area contributed by atoms with E-state index in [0.717, 1.165) is 29.9 Å². The van der Waals surface area contributed by atoms with Crippen molar-refractivity contribution in [3.8, 4) is 0 Å². The highest BCUT2D eigenvalue weighted by molar-refractivity contribution is 5.86. The zero-order chi connectivity index (χ0) is 16.6. The van der Waals surface area contributed by atoms with Gasteiger partial charge >= 0.3 is 5.97 Å². The maximum atomic E-state index is 11.1. The van der Waals surface area contributed by atoms with Gasteiger partial charge in [0.05, 0.1) is 7.11 Å². The third-order valence-electron chi connectivity index (χ3n) is 6.47. The van der Waals surface area contributed by atoms with E-state index < -0.39 is 0 Å². The Balaban J connectivity index is 1.28. The lowest BCUT2D eigenvalue weighted by Crippen LogP contribution is -2.37. The Morgan fingerprint density at radius 3 is 2.54 bits per heavy atom. The van der Waals surface area contributed by atoms with E-state index in [1.807, 2.05) is 0 Å². The Morgan fingerprint density at radius 2 is 1.92 bits per heavy atom. The Hall–Kier alpha value is -1.61. The molecule has 2 atom stereocenters. The van der Waals surface area contributed by atoms with E-state index in [9.17, 15) is 4.79 Å². The smallest absolute Gasteiger partial charge is 0.330 e. The quantitative estimate of drug-likeness (QED) is 0.639. The van der Waals surface area contributed by atoms with Crippen LogP contribution >= 0.6 is 0 Å². The van der Waals surface area contributed by atoms with Gasteiger partial charge in [-0.05, 0) is 72.5 Å². The van der Waals surface area contributed by atoms with Crippen molar-refractivity contribution in [1.29, 1.82) is 0 Å². The first kappa shape index (κ1) is 15.9. The van der Waals surface area contributed by atoms with Crippen LogP contribution in [0, 0.1) is 23.2 Å². The molecule has 0 aromatic heterocycles. The molecule has 0 saturated heterocycles. The zero-order valence-corrected chi connectivity index (χ0v) is 14.5. The number of nitrogens with one attached hydrogen (secondary N) is 1. The average molecular weight is 325 g/mol. The third kappa shape index (κ3) is 3.14. The van der Waals surface area contributed by atoms with Crippen LogP contribution in [0.15, 0.2) is 30.3 Å². The SMILES string of the molecule is COC(=O)/C=C/c1ccc(CNCC23CC4CC(C2)C(C4)C3)cc1. The molecule has 5 rings (SSSR count). The number of rotatable bonds is 6. The first-order chi connectivity index (χ1) is 11.7. The van der Waals surface area contributed by atoms with Crippen molar-refractivity contribution in [2.45, 2.75) is 38.6 Å². The van der Waals surface area contributed by atoms with Crippen LogP contribution in [0.1, 0.15) is 43.2 Å². The standard InChI is InChI=1S/C21H27NO2/c1-24-20(23)7-6-15-2-4-16(5-3-15)13-22-14-21-10-17-8-18(11-21)19(9-17)12-21/h2-7,17-19,22H,8-14H2,1H3/b7-6+. The van der Waals surface area contributed by atoms with Crippen molar-refractivity contribution in [2.75, 3.05) is 13.7 Å². The first-order valence-corrected chi connectivity index (χ1v) is 9.21. The summed E-state index contributed by atoms with van der Waals surface area (Å²) in [5, 5.41) is 3.72. The van der Waals surface area contributed by atoms with Crippen molar-refractivity contribution in [1.82, 2.24) is 5.32 Å². The Bertz CT molecular complexity index is 614. The lowest BCUT2D eigenvalue weighted by atomic mass is 9.69. The molecular formula is C21H27NO2. The summed E-state index contributed by atoms with van der Waals surface area (Å²) < 4.78 is 4.60. The molecular weight excluding hydrogens is 298 g/mol. The minimum atomic E-state index is -0.319. The van der Waals surface area contributed by atoms with Crippen LogP contribution in [-0.2, 0) is 16.1 Å². The number of carbonyl (C=O) groups is 1. The zero-order valence-electron chi connectivity index (χ0n) is 14.5. The van der Waals surface area contributed by atoms with E-state index in [-0.39, 0.29) is 5.97 Å². The lowest BCUT2D eigenvalue weighted by Gasteiger charge is -2.38. The molecule has 0 heterocycles. The maximum absolute atomic E-state index is 11.1. The van der Waals surface area contributed by atoms with Crippen LogP contribution in [0.25, 0.3) is 6.08 Å². The fourth-order valence-electron chi connectivity index (χ4n) is 5.65. The highest BCUT2D eigenvalue weighted by atomic mass is 16.5. The molecule has 0 aliphatic heterocycles. The molecule has 3 heteroatoms. The highest BCUT2D eigenvalue weighted by Gasteiger charge is 2.55. The molecule has 0 radical (unpaired) electrons. The van der Waals surface area contributed by atoms with Gasteiger partial charge in [0, 0.05) is 19.2 Å². The molecule has 0 amide bonds. The van der Waals surface area contributed by atoms with Gasteiger partial charge in [-0.25, -0.2) is 4.79 Å². The molecule has 1 N–H and O–H groups in total. The van der Waals surface area contributed by atoms with Gasteiger partial charge in [-0.15, -0.1) is 0 Å². The maximum Gasteiger partial charge on any atom is 0.330 e. The van der Waals surface area contributed by atoms with Gasteiger partial charge in [0.2, 0.25) is 0 Å². The van der Waals surface area contributed by atoms with Gasteiger partial charge in [-0.3, -0.25) is 0 Å². The summed E-state index contributed by atoms with van der Waals surface area (Å²) in [5.74, 6) is 2.81. The largest absolute Gasteiger partial charge is 0.466 e. The Labute approximate surface area is 144 Å². The van der Waals surface area contributed by atoms with Crippen molar-refractivity contribution >= 4 is 12.0 Å². The van der Waals surface area contributed by atoms with Gasteiger partial charge in [-0.1, -0.05) is 24.3 Å². The molecule has 3 nitrogen and oxygen atoms in total. The molecule has 4 bridgehead atoms. The predicted molar refractivity (Wildman–Crippen MR) is 95.2 cm³/mol. The average Bonchev–Trinajstić information content (AvgIpc) is 3.00. The molecule has 1 aromatic carbocycles. The molecule has 4 saturated carbocycles. The number of ether oxygens (including phenoxy) is 1. The number of hydrogen-bond acceptors (Lipinski definition) is 3. The molecule has 4 fully saturated rings. The van der Waals surface area contributed by atoms with Crippen molar-refractivity contribution in [2.24, 2.45) is 23.2 Å². The summed E-state index contributed by atoms with van der Waals surface area (Å²) in [6, 6.07) is 8.38. The van der Waals surface area contributed by atoms with Gasteiger partial charge < -0.3 is 10.1 Å².